The monoisotopic (exact) mass is 495 g/mol. The maximum atomic E-state index is 15.0. The smallest absolute Gasteiger partial charge is 0.261 e. The maximum Gasteiger partial charge on any atom is 0.261 e. The third-order valence-electron chi connectivity index (χ3n) is 5.68. The van der Waals surface area contributed by atoms with Gasteiger partial charge in [0.2, 0.25) is 11.8 Å². The van der Waals surface area contributed by atoms with E-state index in [9.17, 15) is 18.8 Å². The topological polar surface area (TPSA) is 87.7 Å². The highest BCUT2D eigenvalue weighted by Crippen LogP contribution is 2.30. The Morgan fingerprint density at radius 2 is 1.80 bits per heavy atom. The number of amides is 3. The molecule has 2 N–H and O–H groups in total. The van der Waals surface area contributed by atoms with Crippen molar-refractivity contribution in [1.82, 2.24) is 10.6 Å². The van der Waals surface area contributed by atoms with Crippen molar-refractivity contribution in [2.45, 2.75) is 25.0 Å². The average molecular weight is 496 g/mol. The summed E-state index contributed by atoms with van der Waals surface area (Å²) >= 11 is 1.24. The molecule has 0 spiro atoms. The molecule has 1 aliphatic heterocycles. The zero-order valence-electron chi connectivity index (χ0n) is 19.0. The van der Waals surface area contributed by atoms with Crippen LogP contribution >= 0.6 is 11.3 Å². The Balaban J connectivity index is 1.64. The number of hydrogen-bond acceptors (Lipinski definition) is 5. The molecule has 3 amide bonds. The molecule has 1 aromatic heterocycles. The molecule has 0 unspecified atom stereocenters. The van der Waals surface area contributed by atoms with Gasteiger partial charge in [-0.2, -0.15) is 0 Å². The van der Waals surface area contributed by atoms with Gasteiger partial charge in [0, 0.05) is 13.2 Å². The van der Waals surface area contributed by atoms with Gasteiger partial charge >= 0.3 is 0 Å². The van der Waals surface area contributed by atoms with Crippen molar-refractivity contribution in [1.29, 1.82) is 0 Å². The molecular weight excluding hydrogens is 469 g/mol. The van der Waals surface area contributed by atoms with Crippen LogP contribution in [0.3, 0.4) is 0 Å². The molecule has 0 saturated carbocycles. The SMILES string of the molecule is O=C(NCC(=O)N(c1ccccc1F)[C@@H](C(=O)NC[C@H]1CCCO1)c1ccccc1)c1cccs1. The highest BCUT2D eigenvalue weighted by molar-refractivity contribution is 7.12. The summed E-state index contributed by atoms with van der Waals surface area (Å²) in [6.07, 6.45) is 1.66. The van der Waals surface area contributed by atoms with Crippen molar-refractivity contribution in [3.63, 3.8) is 0 Å². The highest BCUT2D eigenvalue weighted by Gasteiger charge is 2.34. The predicted octanol–water partition coefficient (Wildman–Crippen LogP) is 3.69. The molecule has 0 radical (unpaired) electrons. The highest BCUT2D eigenvalue weighted by atomic mass is 32.1. The van der Waals surface area contributed by atoms with Crippen molar-refractivity contribution >= 4 is 34.7 Å². The average Bonchev–Trinajstić information content (AvgIpc) is 3.60. The van der Waals surface area contributed by atoms with Gasteiger partial charge in [-0.25, -0.2) is 4.39 Å². The summed E-state index contributed by atoms with van der Waals surface area (Å²) < 4.78 is 20.6. The Morgan fingerprint density at radius 3 is 2.49 bits per heavy atom. The molecule has 35 heavy (non-hydrogen) atoms. The molecule has 2 atom stereocenters. The second kappa shape index (κ2) is 11.7. The molecule has 1 saturated heterocycles. The summed E-state index contributed by atoms with van der Waals surface area (Å²) in [7, 11) is 0. The first-order valence-corrected chi connectivity index (χ1v) is 12.2. The van der Waals surface area contributed by atoms with Crippen molar-refractivity contribution < 1.29 is 23.5 Å². The van der Waals surface area contributed by atoms with Crippen LogP contribution in [0.5, 0.6) is 0 Å². The number of rotatable bonds is 9. The van der Waals surface area contributed by atoms with E-state index in [2.05, 4.69) is 10.6 Å². The second-order valence-electron chi connectivity index (χ2n) is 8.07. The largest absolute Gasteiger partial charge is 0.376 e. The molecule has 2 heterocycles. The number of nitrogens with zero attached hydrogens (tertiary/aromatic N) is 1. The van der Waals surface area contributed by atoms with Gasteiger partial charge in [-0.15, -0.1) is 11.3 Å². The minimum atomic E-state index is -1.15. The molecule has 0 bridgehead atoms. The molecule has 1 aliphatic rings. The van der Waals surface area contributed by atoms with Crippen LogP contribution in [0.2, 0.25) is 0 Å². The Hall–Kier alpha value is -3.56. The fourth-order valence-electron chi connectivity index (χ4n) is 3.97. The van der Waals surface area contributed by atoms with E-state index in [4.69, 9.17) is 4.74 Å². The molecule has 0 aliphatic carbocycles. The summed E-state index contributed by atoms with van der Waals surface area (Å²) in [5.41, 5.74) is 0.461. The number of thiophene rings is 1. The van der Waals surface area contributed by atoms with Crippen LogP contribution in [0.1, 0.15) is 34.1 Å². The minimum absolute atomic E-state index is 0.0519. The van der Waals surface area contributed by atoms with E-state index in [1.54, 1.807) is 53.9 Å². The number of halogens is 1. The zero-order chi connectivity index (χ0) is 24.6. The van der Waals surface area contributed by atoms with Gasteiger partial charge in [0.05, 0.1) is 23.2 Å². The number of carbonyl (C=O) groups excluding carboxylic acids is 3. The minimum Gasteiger partial charge on any atom is -0.376 e. The lowest BCUT2D eigenvalue weighted by atomic mass is 10.0. The van der Waals surface area contributed by atoms with Crippen LogP contribution in [-0.4, -0.2) is 43.5 Å². The number of hydrogen-bond donors (Lipinski definition) is 2. The molecule has 9 heteroatoms. The van der Waals surface area contributed by atoms with E-state index in [1.165, 1.54) is 29.5 Å². The zero-order valence-corrected chi connectivity index (χ0v) is 19.8. The van der Waals surface area contributed by atoms with Gasteiger partial charge in [-0.05, 0) is 42.0 Å². The lowest BCUT2D eigenvalue weighted by molar-refractivity contribution is -0.126. The first-order chi connectivity index (χ1) is 17.0. The lowest BCUT2D eigenvalue weighted by Gasteiger charge is -2.32. The second-order valence-corrected chi connectivity index (χ2v) is 9.02. The van der Waals surface area contributed by atoms with Crippen molar-refractivity contribution in [3.05, 3.63) is 88.4 Å². The van der Waals surface area contributed by atoms with Crippen LogP contribution in [-0.2, 0) is 14.3 Å². The first kappa shape index (κ1) is 24.6. The van der Waals surface area contributed by atoms with E-state index in [-0.39, 0.29) is 18.3 Å². The lowest BCUT2D eigenvalue weighted by Crippen LogP contribution is -2.48. The Morgan fingerprint density at radius 1 is 1.03 bits per heavy atom. The van der Waals surface area contributed by atoms with Gasteiger partial charge in [-0.3, -0.25) is 19.3 Å². The molecule has 4 rings (SSSR count). The number of para-hydroxylation sites is 1. The fraction of sp³-hybridized carbons (Fsp3) is 0.269. The van der Waals surface area contributed by atoms with E-state index < -0.39 is 36.1 Å². The van der Waals surface area contributed by atoms with Gasteiger partial charge < -0.3 is 15.4 Å². The molecule has 2 aromatic carbocycles. The number of ether oxygens (including phenoxy) is 1. The first-order valence-electron chi connectivity index (χ1n) is 11.4. The Bertz CT molecular complexity index is 1150. The number of carbonyl (C=O) groups is 3. The van der Waals surface area contributed by atoms with Gasteiger partial charge in [-0.1, -0.05) is 48.5 Å². The van der Waals surface area contributed by atoms with Crippen LogP contribution in [0, 0.1) is 5.82 Å². The van der Waals surface area contributed by atoms with Crippen LogP contribution < -0.4 is 15.5 Å². The van der Waals surface area contributed by atoms with Crippen molar-refractivity contribution in [2.75, 3.05) is 24.6 Å². The normalized spacial score (nSPS) is 15.9. The summed E-state index contributed by atoms with van der Waals surface area (Å²) in [5.74, 6) is -2.16. The number of nitrogens with one attached hydrogen (secondary N) is 2. The summed E-state index contributed by atoms with van der Waals surface area (Å²) in [4.78, 5) is 41.0. The van der Waals surface area contributed by atoms with E-state index in [0.29, 0.717) is 17.0 Å². The van der Waals surface area contributed by atoms with Gasteiger partial charge in [0.25, 0.3) is 5.91 Å². The third-order valence-corrected chi connectivity index (χ3v) is 6.54. The molecule has 182 valence electrons. The number of anilines is 1. The standard InChI is InChI=1S/C26H26FN3O4S/c27-20-11-4-5-12-21(20)30(23(31)17-29-25(32)22-13-7-15-35-22)24(18-8-2-1-3-9-18)26(33)28-16-19-10-6-14-34-19/h1-5,7-9,11-13,15,19,24H,6,10,14,16-17H2,(H,28,33)(H,29,32)/t19-,24-/m1/s1. The fourth-order valence-corrected chi connectivity index (χ4v) is 4.61. The van der Waals surface area contributed by atoms with Gasteiger partial charge in [0.15, 0.2) is 0 Å². The molecular formula is C26H26FN3O4S. The van der Waals surface area contributed by atoms with E-state index in [1.807, 2.05) is 0 Å². The van der Waals surface area contributed by atoms with Crippen molar-refractivity contribution in [2.24, 2.45) is 0 Å². The van der Waals surface area contributed by atoms with Gasteiger partial charge in [0.1, 0.15) is 11.9 Å². The predicted molar refractivity (Wildman–Crippen MR) is 132 cm³/mol. The molecule has 3 aromatic rings. The summed E-state index contributed by atoms with van der Waals surface area (Å²) in [6, 6.07) is 16.7. The van der Waals surface area contributed by atoms with Crippen LogP contribution in [0.15, 0.2) is 72.1 Å². The summed E-state index contributed by atoms with van der Waals surface area (Å²) in [6.45, 7) is 0.524. The summed E-state index contributed by atoms with van der Waals surface area (Å²) in [5, 5.41) is 7.21. The molecule has 7 nitrogen and oxygen atoms in total. The Labute approximate surface area is 206 Å². The van der Waals surface area contributed by atoms with Crippen molar-refractivity contribution in [3.8, 4) is 0 Å². The van der Waals surface area contributed by atoms with E-state index in [0.717, 1.165) is 17.7 Å². The third kappa shape index (κ3) is 6.12. The van der Waals surface area contributed by atoms with Crippen LogP contribution in [0.25, 0.3) is 0 Å². The maximum absolute atomic E-state index is 15.0. The van der Waals surface area contributed by atoms with Crippen LogP contribution in [0.4, 0.5) is 10.1 Å². The van der Waals surface area contributed by atoms with E-state index >= 15 is 0 Å². The number of benzene rings is 2. The Kier molecular flexibility index (Phi) is 8.23. The quantitative estimate of drug-likeness (QED) is 0.474. The molecule has 1 fully saturated rings.